The minimum absolute atomic E-state index is 0.000469. The fourth-order valence-corrected chi connectivity index (χ4v) is 3.13. The Balaban J connectivity index is 1.67. The lowest BCUT2D eigenvalue weighted by Crippen LogP contribution is -2.35. The topological polar surface area (TPSA) is 42.0 Å². The molecule has 3 rings (SSSR count). The molecule has 0 spiro atoms. The van der Waals surface area contributed by atoms with Gasteiger partial charge in [0, 0.05) is 26.7 Å². The summed E-state index contributed by atoms with van der Waals surface area (Å²) in [5, 5.41) is 0. The van der Waals surface area contributed by atoms with Gasteiger partial charge in [0.15, 0.2) is 0 Å². The molecule has 0 aliphatic carbocycles. The first-order valence-corrected chi connectivity index (χ1v) is 8.15. The van der Waals surface area contributed by atoms with Crippen molar-refractivity contribution in [2.24, 2.45) is 0 Å². The van der Waals surface area contributed by atoms with Gasteiger partial charge >= 0.3 is 0 Å². The van der Waals surface area contributed by atoms with Crippen LogP contribution in [0.4, 0.5) is 15.8 Å². The lowest BCUT2D eigenvalue weighted by Gasteiger charge is -2.24. The number of carbonyl (C=O) groups excluding carboxylic acids is 1. The standard InChI is InChI=1S/C17H23FN2O3/c1-19-7-3-8-20(16-10-13(18)5-6-15(16)19)17(21)12-22-11-14-4-2-9-23-14/h5-6,10,14H,2-4,7-9,11-12H2,1H3/t14-/m1/s1. The molecule has 1 aromatic rings. The Labute approximate surface area is 136 Å². The Bertz CT molecular complexity index is 561. The smallest absolute Gasteiger partial charge is 0.253 e. The summed E-state index contributed by atoms with van der Waals surface area (Å²) in [6.07, 6.45) is 2.97. The first-order valence-electron chi connectivity index (χ1n) is 8.15. The van der Waals surface area contributed by atoms with Crippen LogP contribution in [0.25, 0.3) is 0 Å². The van der Waals surface area contributed by atoms with E-state index in [1.807, 2.05) is 7.05 Å². The van der Waals surface area contributed by atoms with Crippen molar-refractivity contribution in [2.45, 2.75) is 25.4 Å². The third-order valence-electron chi connectivity index (χ3n) is 4.37. The number of rotatable bonds is 4. The SMILES string of the molecule is CN1CCCN(C(=O)COC[C@H]2CCCO2)c2cc(F)ccc21. The Kier molecular flexibility index (Phi) is 5.13. The van der Waals surface area contributed by atoms with Crippen molar-refractivity contribution in [3.05, 3.63) is 24.0 Å². The molecule has 0 aromatic heterocycles. The maximum atomic E-state index is 13.6. The van der Waals surface area contributed by atoms with Crippen LogP contribution in [0.15, 0.2) is 18.2 Å². The summed E-state index contributed by atoms with van der Waals surface area (Å²) in [7, 11) is 1.96. The second-order valence-electron chi connectivity index (χ2n) is 6.10. The Hall–Kier alpha value is -1.66. The molecule has 1 aromatic carbocycles. The van der Waals surface area contributed by atoms with Crippen molar-refractivity contribution < 1.29 is 18.7 Å². The molecule has 1 saturated heterocycles. The van der Waals surface area contributed by atoms with Gasteiger partial charge < -0.3 is 19.3 Å². The van der Waals surface area contributed by atoms with Gasteiger partial charge in [0.2, 0.25) is 0 Å². The summed E-state index contributed by atoms with van der Waals surface area (Å²) in [5.41, 5.74) is 1.49. The number of amides is 1. The lowest BCUT2D eigenvalue weighted by atomic mass is 10.2. The van der Waals surface area contributed by atoms with Crippen LogP contribution >= 0.6 is 0 Å². The molecule has 6 heteroatoms. The molecule has 0 N–H and O–H groups in total. The number of hydrogen-bond acceptors (Lipinski definition) is 4. The van der Waals surface area contributed by atoms with E-state index in [9.17, 15) is 9.18 Å². The Morgan fingerprint density at radius 3 is 3.00 bits per heavy atom. The highest BCUT2D eigenvalue weighted by Gasteiger charge is 2.24. The molecule has 1 amide bonds. The van der Waals surface area contributed by atoms with Crippen molar-refractivity contribution in [1.29, 1.82) is 0 Å². The number of nitrogens with zero attached hydrogens (tertiary/aromatic N) is 2. The molecular formula is C17H23FN2O3. The highest BCUT2D eigenvalue weighted by Crippen LogP contribution is 2.32. The Morgan fingerprint density at radius 1 is 1.35 bits per heavy atom. The molecule has 1 atom stereocenters. The van der Waals surface area contributed by atoms with Gasteiger partial charge in [0.05, 0.1) is 24.1 Å². The normalized spacial score (nSPS) is 21.2. The quantitative estimate of drug-likeness (QED) is 0.852. The summed E-state index contributed by atoms with van der Waals surface area (Å²) < 4.78 is 24.6. The minimum Gasteiger partial charge on any atom is -0.376 e. The molecule has 2 aliphatic heterocycles. The molecule has 2 aliphatic rings. The van der Waals surface area contributed by atoms with E-state index in [4.69, 9.17) is 9.47 Å². The number of hydrogen-bond donors (Lipinski definition) is 0. The van der Waals surface area contributed by atoms with Gasteiger partial charge in [-0.15, -0.1) is 0 Å². The van der Waals surface area contributed by atoms with Gasteiger partial charge in [-0.05, 0) is 37.5 Å². The first kappa shape index (κ1) is 16.2. The second kappa shape index (κ2) is 7.27. The fourth-order valence-electron chi connectivity index (χ4n) is 3.13. The lowest BCUT2D eigenvalue weighted by molar-refractivity contribution is -0.124. The third kappa shape index (κ3) is 3.82. The zero-order valence-electron chi connectivity index (χ0n) is 13.5. The molecule has 0 bridgehead atoms. The summed E-state index contributed by atoms with van der Waals surface area (Å²) in [6, 6.07) is 4.58. The average Bonchev–Trinajstić information content (AvgIpc) is 2.98. The van der Waals surface area contributed by atoms with E-state index in [1.165, 1.54) is 12.1 Å². The van der Waals surface area contributed by atoms with E-state index >= 15 is 0 Å². The maximum absolute atomic E-state index is 13.6. The van der Waals surface area contributed by atoms with Crippen molar-refractivity contribution in [3.8, 4) is 0 Å². The number of fused-ring (bicyclic) bond motifs is 1. The van der Waals surface area contributed by atoms with Crippen LogP contribution < -0.4 is 9.80 Å². The average molecular weight is 322 g/mol. The van der Waals surface area contributed by atoms with Crippen LogP contribution in [0.1, 0.15) is 19.3 Å². The minimum atomic E-state index is -0.336. The van der Waals surface area contributed by atoms with Crippen molar-refractivity contribution >= 4 is 17.3 Å². The zero-order chi connectivity index (χ0) is 16.2. The molecule has 5 nitrogen and oxygen atoms in total. The molecule has 126 valence electrons. The van der Waals surface area contributed by atoms with E-state index in [0.717, 1.165) is 38.1 Å². The third-order valence-corrected chi connectivity index (χ3v) is 4.37. The van der Waals surface area contributed by atoms with Crippen LogP contribution in [-0.4, -0.2) is 52.0 Å². The summed E-state index contributed by atoms with van der Waals surface area (Å²) in [4.78, 5) is 16.2. The first-order chi connectivity index (χ1) is 11.1. The van der Waals surface area contributed by atoms with Crippen LogP contribution in [0.5, 0.6) is 0 Å². The van der Waals surface area contributed by atoms with Crippen LogP contribution in [-0.2, 0) is 14.3 Å². The Morgan fingerprint density at radius 2 is 2.22 bits per heavy atom. The summed E-state index contributed by atoms with van der Waals surface area (Å²) >= 11 is 0. The largest absolute Gasteiger partial charge is 0.376 e. The van der Waals surface area contributed by atoms with Crippen LogP contribution in [0.2, 0.25) is 0 Å². The van der Waals surface area contributed by atoms with Crippen molar-refractivity contribution in [3.63, 3.8) is 0 Å². The highest BCUT2D eigenvalue weighted by molar-refractivity contribution is 5.97. The molecule has 0 saturated carbocycles. The molecular weight excluding hydrogens is 299 g/mol. The number of benzene rings is 1. The highest BCUT2D eigenvalue weighted by atomic mass is 19.1. The van der Waals surface area contributed by atoms with Gasteiger partial charge in [-0.3, -0.25) is 4.79 Å². The van der Waals surface area contributed by atoms with Crippen molar-refractivity contribution in [1.82, 2.24) is 0 Å². The second-order valence-corrected chi connectivity index (χ2v) is 6.10. The van der Waals surface area contributed by atoms with E-state index < -0.39 is 0 Å². The molecule has 23 heavy (non-hydrogen) atoms. The van der Waals surface area contributed by atoms with Crippen LogP contribution in [0.3, 0.4) is 0 Å². The summed E-state index contributed by atoms with van der Waals surface area (Å²) in [6.45, 7) is 2.62. The van der Waals surface area contributed by atoms with Crippen LogP contribution in [0, 0.1) is 5.82 Å². The van der Waals surface area contributed by atoms with Gasteiger partial charge in [-0.2, -0.15) is 0 Å². The van der Waals surface area contributed by atoms with Gasteiger partial charge in [0.25, 0.3) is 5.91 Å². The molecule has 1 fully saturated rings. The summed E-state index contributed by atoms with van der Waals surface area (Å²) in [5.74, 6) is -0.470. The van der Waals surface area contributed by atoms with Gasteiger partial charge in [-0.25, -0.2) is 4.39 Å². The maximum Gasteiger partial charge on any atom is 0.253 e. The van der Waals surface area contributed by atoms with Crippen molar-refractivity contribution in [2.75, 3.05) is 49.8 Å². The number of halogens is 1. The predicted octanol–water partition coefficient (Wildman–Crippen LogP) is 2.19. The van der Waals surface area contributed by atoms with Gasteiger partial charge in [-0.1, -0.05) is 0 Å². The number of ether oxygens (including phenoxy) is 2. The molecule has 0 radical (unpaired) electrons. The molecule has 0 unspecified atom stereocenters. The predicted molar refractivity (Wildman–Crippen MR) is 86.4 cm³/mol. The monoisotopic (exact) mass is 322 g/mol. The number of anilines is 2. The number of carbonyl (C=O) groups is 1. The van der Waals surface area contributed by atoms with E-state index in [2.05, 4.69) is 4.90 Å². The van der Waals surface area contributed by atoms with E-state index in [1.54, 1.807) is 11.0 Å². The van der Waals surface area contributed by atoms with Gasteiger partial charge in [0.1, 0.15) is 12.4 Å². The zero-order valence-corrected chi connectivity index (χ0v) is 13.5. The molecule has 2 heterocycles. The van der Waals surface area contributed by atoms with E-state index in [-0.39, 0.29) is 24.4 Å². The van der Waals surface area contributed by atoms with E-state index in [0.29, 0.717) is 18.8 Å². The fraction of sp³-hybridized carbons (Fsp3) is 0.588.